The Kier molecular flexibility index (Phi) is 5.78. The number of hydrogen-bond acceptors (Lipinski definition) is 5. The average molecular weight is 403 g/mol. The molecule has 0 saturated carbocycles. The third-order valence-corrected chi connectivity index (χ3v) is 4.62. The van der Waals surface area contributed by atoms with E-state index in [1.165, 1.54) is 6.07 Å². The van der Waals surface area contributed by atoms with E-state index < -0.39 is 5.97 Å². The van der Waals surface area contributed by atoms with E-state index in [1.807, 2.05) is 0 Å². The van der Waals surface area contributed by atoms with Crippen molar-refractivity contribution in [1.29, 1.82) is 0 Å². The number of hydrogen-bond donors (Lipinski definition) is 3. The number of aromatic carboxylic acids is 1. The Morgan fingerprint density at radius 3 is 2.48 bits per heavy atom. The molecule has 0 aliphatic carbocycles. The molecule has 0 bridgehead atoms. The van der Waals surface area contributed by atoms with Crippen molar-refractivity contribution in [2.45, 2.75) is 6.54 Å². The van der Waals surface area contributed by atoms with Crippen molar-refractivity contribution in [3.8, 4) is 11.3 Å². The van der Waals surface area contributed by atoms with Gasteiger partial charge in [0.2, 0.25) is 0 Å². The first-order chi connectivity index (χ1) is 13.0. The van der Waals surface area contributed by atoms with Crippen LogP contribution >= 0.6 is 23.2 Å². The summed E-state index contributed by atoms with van der Waals surface area (Å²) in [6.45, 7) is 0.362. The number of anilines is 2. The lowest BCUT2D eigenvalue weighted by molar-refractivity contribution is 0.0697. The molecular formula is C19H16Cl2N4O2. The second kappa shape index (κ2) is 8.24. The van der Waals surface area contributed by atoms with E-state index in [0.717, 1.165) is 5.56 Å². The monoisotopic (exact) mass is 402 g/mol. The van der Waals surface area contributed by atoms with Crippen LogP contribution < -0.4 is 10.6 Å². The molecule has 0 aliphatic rings. The summed E-state index contributed by atoms with van der Waals surface area (Å²) in [5.74, 6) is 0.0615. The molecule has 0 amide bonds. The van der Waals surface area contributed by atoms with Crippen LogP contribution in [0.5, 0.6) is 0 Å². The molecule has 138 valence electrons. The Balaban J connectivity index is 1.92. The van der Waals surface area contributed by atoms with Gasteiger partial charge in [-0.2, -0.15) is 0 Å². The summed E-state index contributed by atoms with van der Waals surface area (Å²) in [4.78, 5) is 20.1. The molecule has 0 saturated heterocycles. The first-order valence-corrected chi connectivity index (χ1v) is 8.80. The van der Waals surface area contributed by atoms with Crippen molar-refractivity contribution in [2.24, 2.45) is 0 Å². The first-order valence-electron chi connectivity index (χ1n) is 8.05. The number of benzene rings is 2. The van der Waals surface area contributed by atoms with E-state index in [-0.39, 0.29) is 5.56 Å². The molecular weight excluding hydrogens is 387 g/mol. The summed E-state index contributed by atoms with van der Waals surface area (Å²) in [7, 11) is 1.74. The fourth-order valence-electron chi connectivity index (χ4n) is 2.52. The number of aromatic nitrogens is 2. The third-order valence-electron chi connectivity index (χ3n) is 3.91. The summed E-state index contributed by atoms with van der Waals surface area (Å²) in [5.41, 5.74) is 2.14. The topological polar surface area (TPSA) is 87.1 Å². The van der Waals surface area contributed by atoms with Crippen LogP contribution in [0.15, 0.2) is 48.7 Å². The van der Waals surface area contributed by atoms with Crippen LogP contribution in [-0.4, -0.2) is 28.1 Å². The molecule has 1 heterocycles. The number of nitrogens with zero attached hydrogens (tertiary/aromatic N) is 2. The smallest absolute Gasteiger partial charge is 0.335 e. The average Bonchev–Trinajstić information content (AvgIpc) is 2.67. The van der Waals surface area contributed by atoms with E-state index in [9.17, 15) is 9.90 Å². The van der Waals surface area contributed by atoms with E-state index >= 15 is 0 Å². The normalized spacial score (nSPS) is 10.5. The van der Waals surface area contributed by atoms with Crippen molar-refractivity contribution in [3.63, 3.8) is 0 Å². The number of halogens is 2. The van der Waals surface area contributed by atoms with E-state index in [4.69, 9.17) is 23.2 Å². The van der Waals surface area contributed by atoms with Crippen molar-refractivity contribution >= 4 is 40.8 Å². The molecule has 0 atom stereocenters. The van der Waals surface area contributed by atoms with Gasteiger partial charge in [0, 0.05) is 34.8 Å². The summed E-state index contributed by atoms with van der Waals surface area (Å²) in [6.07, 6.45) is 1.58. The van der Waals surface area contributed by atoms with Crippen molar-refractivity contribution in [3.05, 3.63) is 69.8 Å². The van der Waals surface area contributed by atoms with Gasteiger partial charge in [0.15, 0.2) is 11.6 Å². The molecule has 3 N–H and O–H groups in total. The highest BCUT2D eigenvalue weighted by atomic mass is 35.5. The largest absolute Gasteiger partial charge is 0.478 e. The highest BCUT2D eigenvalue weighted by molar-refractivity contribution is 6.36. The molecule has 0 aliphatic heterocycles. The Morgan fingerprint density at radius 2 is 1.81 bits per heavy atom. The summed E-state index contributed by atoms with van der Waals surface area (Å²) >= 11 is 12.4. The van der Waals surface area contributed by atoms with Crippen LogP contribution in [0.1, 0.15) is 15.9 Å². The van der Waals surface area contributed by atoms with E-state index in [2.05, 4.69) is 20.6 Å². The maximum atomic E-state index is 11.2. The fourth-order valence-corrected chi connectivity index (χ4v) is 3.05. The van der Waals surface area contributed by atoms with Crippen molar-refractivity contribution in [2.75, 3.05) is 17.7 Å². The van der Waals surface area contributed by atoms with Gasteiger partial charge < -0.3 is 15.7 Å². The standard InChI is InChI=1S/C19H16Cl2N4O2/c1-22-17-18(23-9-13-14(20)6-3-7-15(13)21)25-16(10-24-17)11-4-2-5-12(8-11)19(26)27/h2-8,10H,9H2,1H3,(H,22,24)(H,23,25)(H,26,27). The van der Waals surface area contributed by atoms with E-state index in [1.54, 1.807) is 49.6 Å². The van der Waals surface area contributed by atoms with Crippen LogP contribution in [0.3, 0.4) is 0 Å². The highest BCUT2D eigenvalue weighted by Gasteiger charge is 2.12. The molecule has 0 radical (unpaired) electrons. The van der Waals surface area contributed by atoms with Crippen molar-refractivity contribution < 1.29 is 9.90 Å². The molecule has 6 nitrogen and oxygen atoms in total. The quantitative estimate of drug-likeness (QED) is 0.548. The SMILES string of the molecule is CNc1ncc(-c2cccc(C(=O)O)c2)nc1NCc1c(Cl)cccc1Cl. The Hall–Kier alpha value is -2.83. The van der Waals surface area contributed by atoms with Crippen LogP contribution in [0.4, 0.5) is 11.6 Å². The number of carboxylic acid groups (broad SMARTS) is 1. The minimum absolute atomic E-state index is 0.185. The number of nitrogens with one attached hydrogen (secondary N) is 2. The zero-order chi connectivity index (χ0) is 19.4. The minimum Gasteiger partial charge on any atom is -0.478 e. The van der Waals surface area contributed by atoms with Gasteiger partial charge >= 0.3 is 5.97 Å². The maximum Gasteiger partial charge on any atom is 0.335 e. The Morgan fingerprint density at radius 1 is 1.11 bits per heavy atom. The lowest BCUT2D eigenvalue weighted by Crippen LogP contribution is -2.08. The predicted octanol–water partition coefficient (Wildman–Crippen LogP) is 4.80. The molecule has 3 aromatic rings. The highest BCUT2D eigenvalue weighted by Crippen LogP contribution is 2.27. The maximum absolute atomic E-state index is 11.2. The molecule has 8 heteroatoms. The number of carbonyl (C=O) groups is 1. The number of rotatable bonds is 6. The third kappa shape index (κ3) is 4.30. The summed E-state index contributed by atoms with van der Waals surface area (Å²) in [6, 6.07) is 11.8. The minimum atomic E-state index is -0.997. The van der Waals surface area contributed by atoms with Crippen molar-refractivity contribution in [1.82, 2.24) is 9.97 Å². The number of carboxylic acids is 1. The van der Waals surface area contributed by atoms with Gasteiger partial charge in [0.25, 0.3) is 0 Å². The van der Waals surface area contributed by atoms with Crippen LogP contribution in [0.2, 0.25) is 10.0 Å². The molecule has 0 unspecified atom stereocenters. The van der Waals surface area contributed by atoms with Gasteiger partial charge in [-0.1, -0.05) is 41.4 Å². The lowest BCUT2D eigenvalue weighted by atomic mass is 10.1. The second-order valence-electron chi connectivity index (χ2n) is 5.64. The van der Waals surface area contributed by atoms with Crippen LogP contribution in [-0.2, 0) is 6.54 Å². The summed E-state index contributed by atoms with van der Waals surface area (Å²) in [5, 5.41) is 16.4. The molecule has 0 fully saturated rings. The Labute approximate surface area is 166 Å². The molecule has 0 spiro atoms. The first kappa shape index (κ1) is 18.9. The molecule has 1 aromatic heterocycles. The molecule has 27 heavy (non-hydrogen) atoms. The predicted molar refractivity (Wildman–Crippen MR) is 108 cm³/mol. The summed E-state index contributed by atoms with van der Waals surface area (Å²) < 4.78 is 0. The second-order valence-corrected chi connectivity index (χ2v) is 6.46. The zero-order valence-electron chi connectivity index (χ0n) is 14.3. The fraction of sp³-hybridized carbons (Fsp3) is 0.105. The van der Waals surface area contributed by atoms with Gasteiger partial charge in [-0.3, -0.25) is 0 Å². The van der Waals surface area contributed by atoms with Gasteiger partial charge in [0.05, 0.1) is 17.5 Å². The van der Waals surface area contributed by atoms with Gasteiger partial charge in [-0.05, 0) is 24.3 Å². The molecule has 3 rings (SSSR count). The zero-order valence-corrected chi connectivity index (χ0v) is 15.8. The Bertz CT molecular complexity index is 975. The van der Waals surface area contributed by atoms with Gasteiger partial charge in [-0.25, -0.2) is 14.8 Å². The van der Waals surface area contributed by atoms with Crippen LogP contribution in [0.25, 0.3) is 11.3 Å². The van der Waals surface area contributed by atoms with Crippen LogP contribution in [0, 0.1) is 0 Å². The van der Waals surface area contributed by atoms with Gasteiger partial charge in [-0.15, -0.1) is 0 Å². The van der Waals surface area contributed by atoms with E-state index in [0.29, 0.717) is 39.5 Å². The molecule has 2 aromatic carbocycles. The lowest BCUT2D eigenvalue weighted by Gasteiger charge is -2.13. The van der Waals surface area contributed by atoms with Gasteiger partial charge in [0.1, 0.15) is 0 Å².